The van der Waals surface area contributed by atoms with E-state index in [1.807, 2.05) is 42.5 Å². The number of nitrogens with one attached hydrogen (secondary N) is 3. The highest BCUT2D eigenvalue weighted by molar-refractivity contribution is 5.93. The molecule has 0 radical (unpaired) electrons. The van der Waals surface area contributed by atoms with Crippen LogP contribution in [0, 0.1) is 0 Å². The maximum absolute atomic E-state index is 12.3. The molecule has 0 bridgehead atoms. The maximum atomic E-state index is 12.3. The molecule has 1 aromatic heterocycles. The number of rotatable bonds is 3. The Labute approximate surface area is 137 Å². The second-order valence-corrected chi connectivity index (χ2v) is 5.70. The maximum Gasteiger partial charge on any atom is 0.267 e. The third-order valence-electron chi connectivity index (χ3n) is 3.97. The van der Waals surface area contributed by atoms with Crippen LogP contribution in [-0.4, -0.2) is 29.5 Å². The Balaban J connectivity index is 0.00000176. The van der Waals surface area contributed by atoms with Gasteiger partial charge in [0.15, 0.2) is 0 Å². The molecule has 1 aliphatic rings. The molecule has 118 valence electrons. The van der Waals surface area contributed by atoms with Gasteiger partial charge in [-0.3, -0.25) is 4.79 Å². The highest BCUT2D eigenvalue weighted by Crippen LogP contribution is 2.18. The summed E-state index contributed by atoms with van der Waals surface area (Å²) >= 11 is 0. The van der Waals surface area contributed by atoms with Crippen LogP contribution in [0.5, 0.6) is 0 Å². The quantitative estimate of drug-likeness (QED) is 0.814. The summed E-state index contributed by atoms with van der Waals surface area (Å²) in [6, 6.07) is 14.6. The monoisotopic (exact) mass is 319 g/mol. The summed E-state index contributed by atoms with van der Waals surface area (Å²) in [7, 11) is 0. The van der Waals surface area contributed by atoms with Gasteiger partial charge >= 0.3 is 0 Å². The van der Waals surface area contributed by atoms with Crippen LogP contribution >= 0.6 is 12.4 Å². The molecule has 0 saturated carbocycles. The largest absolute Gasteiger partial charge is 0.351 e. The lowest BCUT2D eigenvalue weighted by atomic mass is 10.0. The van der Waals surface area contributed by atoms with Gasteiger partial charge in [-0.25, -0.2) is 0 Å². The topological polar surface area (TPSA) is 56.9 Å². The van der Waals surface area contributed by atoms with E-state index >= 15 is 0 Å². The first-order valence-corrected chi connectivity index (χ1v) is 7.51. The van der Waals surface area contributed by atoms with Crippen molar-refractivity contribution in [3.05, 3.63) is 48.2 Å². The number of benzene rings is 1. The number of carbonyl (C=O) groups excluding carboxylic acids is 1. The van der Waals surface area contributed by atoms with Gasteiger partial charge in [-0.15, -0.1) is 12.4 Å². The Hall–Kier alpha value is -1.78. The van der Waals surface area contributed by atoms with Crippen molar-refractivity contribution in [3.8, 4) is 11.3 Å². The van der Waals surface area contributed by atoms with Gasteiger partial charge in [-0.05, 0) is 44.0 Å². The van der Waals surface area contributed by atoms with Gasteiger partial charge in [0.2, 0.25) is 0 Å². The number of halogens is 1. The molecule has 5 heteroatoms. The Morgan fingerprint density at radius 3 is 2.68 bits per heavy atom. The van der Waals surface area contributed by atoms with Gasteiger partial charge in [0.1, 0.15) is 5.69 Å². The summed E-state index contributed by atoms with van der Waals surface area (Å²) in [5.74, 6) is -0.0173. The second kappa shape index (κ2) is 7.47. The zero-order chi connectivity index (χ0) is 14.7. The van der Waals surface area contributed by atoms with Crippen molar-refractivity contribution >= 4 is 18.3 Å². The fraction of sp³-hybridized carbons (Fsp3) is 0.353. The number of carbonyl (C=O) groups is 1. The Kier molecular flexibility index (Phi) is 5.63. The molecular weight excluding hydrogens is 298 g/mol. The van der Waals surface area contributed by atoms with Crippen LogP contribution in [0.1, 0.15) is 30.3 Å². The summed E-state index contributed by atoms with van der Waals surface area (Å²) in [4.78, 5) is 15.5. The van der Waals surface area contributed by atoms with Gasteiger partial charge in [0.25, 0.3) is 5.91 Å². The molecule has 2 heterocycles. The van der Waals surface area contributed by atoms with E-state index in [1.165, 1.54) is 0 Å². The number of hydrogen-bond acceptors (Lipinski definition) is 2. The Morgan fingerprint density at radius 2 is 1.95 bits per heavy atom. The minimum absolute atomic E-state index is 0. The molecule has 1 saturated heterocycles. The first-order valence-electron chi connectivity index (χ1n) is 7.51. The number of amides is 1. The molecule has 1 aromatic carbocycles. The smallest absolute Gasteiger partial charge is 0.267 e. The van der Waals surface area contributed by atoms with Crippen LogP contribution in [-0.2, 0) is 0 Å². The summed E-state index contributed by atoms with van der Waals surface area (Å²) < 4.78 is 0. The van der Waals surface area contributed by atoms with E-state index in [9.17, 15) is 4.79 Å². The van der Waals surface area contributed by atoms with Gasteiger partial charge in [0, 0.05) is 17.8 Å². The fourth-order valence-electron chi connectivity index (χ4n) is 2.84. The Morgan fingerprint density at radius 1 is 1.18 bits per heavy atom. The molecule has 2 unspecified atom stereocenters. The zero-order valence-electron chi connectivity index (χ0n) is 12.6. The highest BCUT2D eigenvalue weighted by atomic mass is 35.5. The lowest BCUT2D eigenvalue weighted by Crippen LogP contribution is -2.46. The minimum Gasteiger partial charge on any atom is -0.351 e. The summed E-state index contributed by atoms with van der Waals surface area (Å²) in [6.07, 6.45) is 1.97. The number of H-pyrrole nitrogens is 1. The lowest BCUT2D eigenvalue weighted by molar-refractivity contribution is 0.0921. The second-order valence-electron chi connectivity index (χ2n) is 5.70. The predicted octanol–water partition coefficient (Wildman–Crippen LogP) is 2.97. The number of hydrogen-bond donors (Lipinski definition) is 3. The molecule has 3 rings (SSSR count). The van der Waals surface area contributed by atoms with Crippen molar-refractivity contribution in [1.29, 1.82) is 0 Å². The number of aromatic nitrogens is 1. The summed E-state index contributed by atoms with van der Waals surface area (Å²) in [5, 5.41) is 6.51. The van der Waals surface area contributed by atoms with Crippen LogP contribution in [0.15, 0.2) is 42.5 Å². The molecular formula is C17H22ClN3O. The van der Waals surface area contributed by atoms with E-state index in [0.29, 0.717) is 11.7 Å². The zero-order valence-corrected chi connectivity index (χ0v) is 13.5. The van der Waals surface area contributed by atoms with Gasteiger partial charge in [0.05, 0.1) is 0 Å². The van der Waals surface area contributed by atoms with Crippen LogP contribution in [0.4, 0.5) is 0 Å². The first-order chi connectivity index (χ1) is 10.2. The van der Waals surface area contributed by atoms with Crippen molar-refractivity contribution in [2.24, 2.45) is 0 Å². The normalized spacial score (nSPS) is 21.0. The van der Waals surface area contributed by atoms with E-state index < -0.39 is 0 Å². The average Bonchev–Trinajstić information content (AvgIpc) is 2.98. The Bertz CT molecular complexity index is 611. The van der Waals surface area contributed by atoms with Crippen molar-refractivity contribution in [2.75, 3.05) is 6.54 Å². The van der Waals surface area contributed by atoms with E-state index in [2.05, 4.69) is 22.5 Å². The summed E-state index contributed by atoms with van der Waals surface area (Å²) in [5.41, 5.74) is 2.69. The predicted molar refractivity (Wildman–Crippen MR) is 91.4 cm³/mol. The van der Waals surface area contributed by atoms with E-state index in [1.54, 1.807) is 0 Å². The lowest BCUT2D eigenvalue weighted by Gasteiger charge is -2.28. The van der Waals surface area contributed by atoms with Gasteiger partial charge < -0.3 is 15.6 Å². The van der Waals surface area contributed by atoms with E-state index in [0.717, 1.165) is 30.6 Å². The highest BCUT2D eigenvalue weighted by Gasteiger charge is 2.21. The standard InChI is InChI=1S/C17H21N3O.ClH/c1-12-11-14(9-10-18-12)19-17(21)16-8-7-15(20-16)13-5-3-2-4-6-13;/h2-8,12,14,18,20H,9-11H2,1H3,(H,19,21);1H. The first kappa shape index (κ1) is 16.6. The molecule has 3 N–H and O–H groups in total. The van der Waals surface area contributed by atoms with Gasteiger partial charge in [-0.1, -0.05) is 30.3 Å². The molecule has 0 aliphatic carbocycles. The van der Waals surface area contributed by atoms with Crippen molar-refractivity contribution in [2.45, 2.75) is 31.8 Å². The molecule has 0 spiro atoms. The SMILES string of the molecule is CC1CC(NC(=O)c2ccc(-c3ccccc3)[nH]2)CCN1.Cl. The molecule has 1 aliphatic heterocycles. The van der Waals surface area contributed by atoms with Crippen LogP contribution in [0.2, 0.25) is 0 Å². The molecule has 4 nitrogen and oxygen atoms in total. The average molecular weight is 320 g/mol. The number of piperidine rings is 1. The van der Waals surface area contributed by atoms with Crippen LogP contribution < -0.4 is 10.6 Å². The summed E-state index contributed by atoms with van der Waals surface area (Å²) in [6.45, 7) is 3.12. The van der Waals surface area contributed by atoms with Crippen molar-refractivity contribution in [3.63, 3.8) is 0 Å². The molecule has 2 atom stereocenters. The van der Waals surface area contributed by atoms with E-state index in [-0.39, 0.29) is 24.4 Å². The van der Waals surface area contributed by atoms with Crippen LogP contribution in [0.25, 0.3) is 11.3 Å². The van der Waals surface area contributed by atoms with Gasteiger partial charge in [-0.2, -0.15) is 0 Å². The van der Waals surface area contributed by atoms with Crippen molar-refractivity contribution in [1.82, 2.24) is 15.6 Å². The minimum atomic E-state index is -0.0173. The molecule has 22 heavy (non-hydrogen) atoms. The third-order valence-corrected chi connectivity index (χ3v) is 3.97. The third kappa shape index (κ3) is 3.90. The fourth-order valence-corrected chi connectivity index (χ4v) is 2.84. The number of aromatic amines is 1. The van der Waals surface area contributed by atoms with Crippen LogP contribution in [0.3, 0.4) is 0 Å². The molecule has 1 fully saturated rings. The molecule has 1 amide bonds. The van der Waals surface area contributed by atoms with Crippen molar-refractivity contribution < 1.29 is 4.79 Å². The van der Waals surface area contributed by atoms with E-state index in [4.69, 9.17) is 0 Å². The molecule has 2 aromatic rings.